The van der Waals surface area contributed by atoms with Gasteiger partial charge in [0.15, 0.2) is 11.5 Å². The Kier molecular flexibility index (Phi) is 4.50. The summed E-state index contributed by atoms with van der Waals surface area (Å²) in [5.41, 5.74) is 4.28. The van der Waals surface area contributed by atoms with Crippen molar-refractivity contribution >= 4 is 5.91 Å². The smallest absolute Gasteiger partial charge is 0.276 e. The van der Waals surface area contributed by atoms with Crippen LogP contribution in [0.25, 0.3) is 11.3 Å². The van der Waals surface area contributed by atoms with Crippen LogP contribution in [-0.4, -0.2) is 32.3 Å². The van der Waals surface area contributed by atoms with Gasteiger partial charge in [-0.3, -0.25) is 9.48 Å². The fraction of sp³-hybridized carbons (Fsp3) is 0.240. The summed E-state index contributed by atoms with van der Waals surface area (Å²) in [4.78, 5) is 15.5. The first-order chi connectivity index (χ1) is 15.0. The van der Waals surface area contributed by atoms with E-state index in [9.17, 15) is 4.79 Å². The highest BCUT2D eigenvalue weighted by atomic mass is 16.5. The van der Waals surface area contributed by atoms with E-state index >= 15 is 0 Å². The van der Waals surface area contributed by atoms with Gasteiger partial charge in [-0.15, -0.1) is 0 Å². The number of benzene rings is 2. The lowest BCUT2D eigenvalue weighted by Crippen LogP contribution is -2.49. The maximum Gasteiger partial charge on any atom is 0.276 e. The predicted molar refractivity (Wildman–Crippen MR) is 117 cm³/mol. The van der Waals surface area contributed by atoms with E-state index in [1.807, 2.05) is 60.7 Å². The first-order valence-corrected chi connectivity index (χ1v) is 10.4. The molecule has 0 aliphatic carbocycles. The van der Waals surface area contributed by atoms with Gasteiger partial charge in [0.05, 0.1) is 12.2 Å². The molecule has 2 aromatic carbocycles. The second kappa shape index (κ2) is 7.23. The normalized spacial score (nSPS) is 20.5. The van der Waals surface area contributed by atoms with E-state index in [1.165, 1.54) is 5.56 Å². The molecular weight excluding hydrogens is 388 g/mol. The Morgan fingerprint density at radius 3 is 2.61 bits per heavy atom. The SMILES string of the molecule is C[C@H]1c2ccccc2[C@@](C)(c2cnn(C)c2)CN1C(=O)c1cc(-c2ccccc2)on1. The Morgan fingerprint density at radius 1 is 1.13 bits per heavy atom. The fourth-order valence-electron chi connectivity index (χ4n) is 4.56. The van der Waals surface area contributed by atoms with Gasteiger partial charge in [0.2, 0.25) is 0 Å². The number of carbonyl (C=O) groups excluding carboxylic acids is 1. The molecule has 1 aliphatic heterocycles. The summed E-state index contributed by atoms with van der Waals surface area (Å²) in [6.07, 6.45) is 3.91. The van der Waals surface area contributed by atoms with Crippen molar-refractivity contribution in [1.82, 2.24) is 19.8 Å². The highest BCUT2D eigenvalue weighted by Gasteiger charge is 2.43. The lowest BCUT2D eigenvalue weighted by Gasteiger charge is -2.45. The fourth-order valence-corrected chi connectivity index (χ4v) is 4.56. The number of rotatable bonds is 3. The van der Waals surface area contributed by atoms with Crippen molar-refractivity contribution in [3.63, 3.8) is 0 Å². The molecule has 0 bridgehead atoms. The van der Waals surface area contributed by atoms with E-state index in [1.54, 1.807) is 10.7 Å². The minimum Gasteiger partial charge on any atom is -0.355 e. The zero-order valence-electron chi connectivity index (χ0n) is 17.8. The number of carbonyl (C=O) groups is 1. The van der Waals surface area contributed by atoms with E-state index in [-0.39, 0.29) is 17.4 Å². The average molecular weight is 412 g/mol. The Labute approximate surface area is 181 Å². The van der Waals surface area contributed by atoms with Gasteiger partial charge < -0.3 is 9.42 Å². The van der Waals surface area contributed by atoms with E-state index < -0.39 is 0 Å². The predicted octanol–water partition coefficient (Wildman–Crippen LogP) is 4.60. The molecule has 6 nitrogen and oxygen atoms in total. The van der Waals surface area contributed by atoms with Gasteiger partial charge in [-0.25, -0.2) is 0 Å². The second-order valence-corrected chi connectivity index (χ2v) is 8.37. The topological polar surface area (TPSA) is 64.2 Å². The van der Waals surface area contributed by atoms with Crippen molar-refractivity contribution in [2.45, 2.75) is 25.3 Å². The van der Waals surface area contributed by atoms with Crippen molar-refractivity contribution < 1.29 is 9.32 Å². The molecule has 0 spiro atoms. The first kappa shape index (κ1) is 19.3. The monoisotopic (exact) mass is 412 g/mol. The molecule has 3 heterocycles. The quantitative estimate of drug-likeness (QED) is 0.493. The molecule has 156 valence electrons. The van der Waals surface area contributed by atoms with Crippen LogP contribution < -0.4 is 0 Å². The number of aryl methyl sites for hydroxylation is 1. The van der Waals surface area contributed by atoms with Crippen LogP contribution in [0.2, 0.25) is 0 Å². The molecule has 4 aromatic rings. The number of nitrogens with zero attached hydrogens (tertiary/aromatic N) is 4. The van der Waals surface area contributed by atoms with Crippen molar-refractivity contribution in [3.05, 3.63) is 95.4 Å². The molecule has 0 unspecified atom stereocenters. The second-order valence-electron chi connectivity index (χ2n) is 8.37. The molecule has 2 atom stereocenters. The maximum absolute atomic E-state index is 13.6. The van der Waals surface area contributed by atoms with Crippen LogP contribution in [0.5, 0.6) is 0 Å². The number of hydrogen-bond donors (Lipinski definition) is 0. The molecule has 1 aliphatic rings. The van der Waals surface area contributed by atoms with Crippen LogP contribution in [0.3, 0.4) is 0 Å². The highest BCUT2D eigenvalue weighted by molar-refractivity contribution is 5.94. The molecule has 0 radical (unpaired) electrons. The lowest BCUT2D eigenvalue weighted by atomic mass is 9.71. The van der Waals surface area contributed by atoms with Crippen molar-refractivity contribution in [1.29, 1.82) is 0 Å². The van der Waals surface area contributed by atoms with Gasteiger partial charge in [0.1, 0.15) is 0 Å². The Bertz CT molecular complexity index is 1240. The lowest BCUT2D eigenvalue weighted by molar-refractivity contribution is 0.0616. The first-order valence-electron chi connectivity index (χ1n) is 10.4. The molecule has 5 rings (SSSR count). The third kappa shape index (κ3) is 3.15. The molecule has 0 saturated heterocycles. The van der Waals surface area contributed by atoms with E-state index in [2.05, 4.69) is 42.3 Å². The van der Waals surface area contributed by atoms with Crippen LogP contribution in [0.4, 0.5) is 0 Å². The molecule has 0 fully saturated rings. The minimum absolute atomic E-state index is 0.0784. The van der Waals surface area contributed by atoms with Gasteiger partial charge in [-0.05, 0) is 25.0 Å². The molecule has 1 amide bonds. The van der Waals surface area contributed by atoms with Gasteiger partial charge in [0.25, 0.3) is 5.91 Å². The largest absolute Gasteiger partial charge is 0.355 e. The van der Waals surface area contributed by atoms with E-state index in [0.717, 1.165) is 16.7 Å². The number of amides is 1. The molecule has 0 N–H and O–H groups in total. The summed E-state index contributed by atoms with van der Waals surface area (Å²) < 4.78 is 7.30. The van der Waals surface area contributed by atoms with E-state index in [0.29, 0.717) is 18.0 Å². The minimum atomic E-state index is -0.376. The summed E-state index contributed by atoms with van der Waals surface area (Å²) in [6, 6.07) is 19.7. The van der Waals surface area contributed by atoms with Crippen LogP contribution in [0.1, 0.15) is 47.1 Å². The Hall–Kier alpha value is -3.67. The third-order valence-corrected chi connectivity index (χ3v) is 6.35. The van der Waals surface area contributed by atoms with Crippen LogP contribution in [-0.2, 0) is 12.5 Å². The van der Waals surface area contributed by atoms with Crippen molar-refractivity contribution in [3.8, 4) is 11.3 Å². The Morgan fingerprint density at radius 2 is 1.87 bits per heavy atom. The van der Waals surface area contributed by atoms with Crippen molar-refractivity contribution in [2.75, 3.05) is 6.54 Å². The van der Waals surface area contributed by atoms with Crippen LogP contribution in [0.15, 0.2) is 77.6 Å². The molecule has 31 heavy (non-hydrogen) atoms. The molecule has 6 heteroatoms. The average Bonchev–Trinajstić information content (AvgIpc) is 3.46. The molecule has 0 saturated carbocycles. The van der Waals surface area contributed by atoms with E-state index in [4.69, 9.17) is 4.52 Å². The summed E-state index contributed by atoms with van der Waals surface area (Å²) in [6.45, 7) is 4.77. The third-order valence-electron chi connectivity index (χ3n) is 6.35. The van der Waals surface area contributed by atoms with Gasteiger partial charge in [-0.1, -0.05) is 59.8 Å². The summed E-state index contributed by atoms with van der Waals surface area (Å²) in [5, 5.41) is 8.48. The van der Waals surface area contributed by atoms with Crippen LogP contribution >= 0.6 is 0 Å². The standard InChI is InChI=1S/C25H24N4O2/c1-17-20-11-7-8-12-21(20)25(2,19-14-26-28(3)15-19)16-29(17)24(30)22-13-23(31-27-22)18-9-5-4-6-10-18/h4-15,17H,16H2,1-3H3/t17-,25+/m0/s1. The van der Waals surface area contributed by atoms with Gasteiger partial charge in [-0.2, -0.15) is 5.10 Å². The van der Waals surface area contributed by atoms with Gasteiger partial charge in [0, 0.05) is 42.4 Å². The van der Waals surface area contributed by atoms with Crippen LogP contribution in [0, 0.1) is 0 Å². The van der Waals surface area contributed by atoms with Gasteiger partial charge >= 0.3 is 0 Å². The van der Waals surface area contributed by atoms with Crippen molar-refractivity contribution in [2.24, 2.45) is 7.05 Å². The summed E-state index contributed by atoms with van der Waals surface area (Å²) in [7, 11) is 1.91. The zero-order chi connectivity index (χ0) is 21.6. The Balaban J connectivity index is 1.54. The summed E-state index contributed by atoms with van der Waals surface area (Å²) in [5.74, 6) is 0.451. The molecule has 2 aromatic heterocycles. The zero-order valence-corrected chi connectivity index (χ0v) is 17.8. The summed E-state index contributed by atoms with van der Waals surface area (Å²) >= 11 is 0. The number of fused-ring (bicyclic) bond motifs is 1. The maximum atomic E-state index is 13.6. The number of aromatic nitrogens is 3. The highest BCUT2D eigenvalue weighted by Crippen LogP contribution is 2.44. The molecular formula is C25H24N4O2. The number of hydrogen-bond acceptors (Lipinski definition) is 4.